The molecular formula is C14H20N2O2. The van der Waals surface area contributed by atoms with E-state index in [1.54, 1.807) is 18.7 Å². The normalized spacial score (nSPS) is 20.5. The van der Waals surface area contributed by atoms with Crippen LogP contribution in [0.5, 0.6) is 0 Å². The molecule has 1 heterocycles. The number of hydrogen-bond acceptors (Lipinski definition) is 3. The molecule has 3 N–H and O–H groups in total. The summed E-state index contributed by atoms with van der Waals surface area (Å²) in [7, 11) is 0. The highest BCUT2D eigenvalue weighted by Gasteiger charge is 2.34. The van der Waals surface area contributed by atoms with E-state index >= 15 is 0 Å². The van der Waals surface area contributed by atoms with Gasteiger partial charge in [0.2, 0.25) is 5.91 Å². The first-order chi connectivity index (χ1) is 8.37. The van der Waals surface area contributed by atoms with Gasteiger partial charge in [0.05, 0.1) is 11.5 Å². The van der Waals surface area contributed by atoms with Crippen LogP contribution in [0.1, 0.15) is 31.7 Å². The van der Waals surface area contributed by atoms with E-state index in [9.17, 15) is 9.90 Å². The van der Waals surface area contributed by atoms with Crippen LogP contribution in [0.4, 0.5) is 5.69 Å². The van der Waals surface area contributed by atoms with Gasteiger partial charge in [-0.05, 0) is 38.0 Å². The maximum atomic E-state index is 12.3. The minimum atomic E-state index is -0.842. The monoisotopic (exact) mass is 248 g/mol. The van der Waals surface area contributed by atoms with Crippen molar-refractivity contribution in [3.63, 3.8) is 0 Å². The molecule has 1 atom stereocenters. The van der Waals surface area contributed by atoms with Gasteiger partial charge in [-0.15, -0.1) is 0 Å². The number of likely N-dealkylation sites (tertiary alicyclic amines) is 1. The van der Waals surface area contributed by atoms with Crippen LogP contribution >= 0.6 is 0 Å². The van der Waals surface area contributed by atoms with Gasteiger partial charge in [-0.25, -0.2) is 0 Å². The second-order valence-corrected chi connectivity index (χ2v) is 5.58. The van der Waals surface area contributed by atoms with Crippen molar-refractivity contribution in [3.05, 3.63) is 29.8 Å². The molecule has 1 fully saturated rings. The molecule has 4 heteroatoms. The van der Waals surface area contributed by atoms with Crippen molar-refractivity contribution in [1.29, 1.82) is 0 Å². The highest BCUT2D eigenvalue weighted by atomic mass is 16.3. The van der Waals surface area contributed by atoms with Gasteiger partial charge in [-0.3, -0.25) is 4.79 Å². The molecule has 1 saturated heterocycles. The largest absolute Gasteiger partial charge is 0.399 e. The Morgan fingerprint density at radius 3 is 2.56 bits per heavy atom. The lowest BCUT2D eigenvalue weighted by Gasteiger charge is -2.25. The Morgan fingerprint density at radius 2 is 2.00 bits per heavy atom. The van der Waals surface area contributed by atoms with Crippen LogP contribution in [0.25, 0.3) is 0 Å². The Morgan fingerprint density at radius 1 is 1.39 bits per heavy atom. The van der Waals surface area contributed by atoms with Gasteiger partial charge in [0.25, 0.3) is 0 Å². The van der Waals surface area contributed by atoms with Crippen molar-refractivity contribution >= 4 is 11.6 Å². The van der Waals surface area contributed by atoms with Crippen LogP contribution in [-0.2, 0) is 4.79 Å². The summed E-state index contributed by atoms with van der Waals surface area (Å²) in [5.41, 5.74) is 6.51. The van der Waals surface area contributed by atoms with E-state index in [-0.39, 0.29) is 11.8 Å². The molecule has 0 saturated carbocycles. The number of anilines is 1. The topological polar surface area (TPSA) is 66.6 Å². The number of carbonyl (C=O) groups is 1. The predicted octanol–water partition coefficient (Wildman–Crippen LogP) is 1.36. The molecule has 1 aromatic carbocycles. The fourth-order valence-corrected chi connectivity index (χ4v) is 2.40. The number of nitrogen functional groups attached to an aromatic ring is 1. The molecule has 2 rings (SSSR count). The molecule has 0 spiro atoms. The first-order valence-corrected chi connectivity index (χ1v) is 6.23. The Balaban J connectivity index is 2.10. The highest BCUT2D eigenvalue weighted by molar-refractivity contribution is 5.86. The maximum absolute atomic E-state index is 12.3. The summed E-state index contributed by atoms with van der Waals surface area (Å²) in [6.07, 6.45) is 0.804. The summed E-state index contributed by atoms with van der Waals surface area (Å²) in [5, 5.41) is 9.78. The van der Waals surface area contributed by atoms with Crippen LogP contribution in [0, 0.1) is 0 Å². The number of β-amino-alcohol motifs (C(OH)–C–C–N with tert-alkyl or cyclic N) is 1. The van der Waals surface area contributed by atoms with Gasteiger partial charge in [0.15, 0.2) is 0 Å². The van der Waals surface area contributed by atoms with Crippen LogP contribution in [0.15, 0.2) is 24.3 Å². The molecule has 1 aromatic rings. The third-order valence-corrected chi connectivity index (χ3v) is 3.21. The molecular weight excluding hydrogens is 228 g/mol. The standard InChI is InChI=1S/C14H20N2O2/c1-14(2,18)9-16-8-7-12(13(16)17)10-3-5-11(15)6-4-10/h3-6,12,18H,7-9,15H2,1-2H3. The first kappa shape index (κ1) is 12.9. The van der Waals surface area contributed by atoms with Gasteiger partial charge in [0, 0.05) is 18.8 Å². The van der Waals surface area contributed by atoms with Crippen LogP contribution in [0.2, 0.25) is 0 Å². The zero-order chi connectivity index (χ0) is 13.3. The lowest BCUT2D eigenvalue weighted by molar-refractivity contribution is -0.131. The van der Waals surface area contributed by atoms with E-state index in [0.29, 0.717) is 18.8 Å². The highest BCUT2D eigenvalue weighted by Crippen LogP contribution is 2.29. The number of aliphatic hydroxyl groups is 1. The van der Waals surface area contributed by atoms with E-state index < -0.39 is 5.60 Å². The zero-order valence-corrected chi connectivity index (χ0v) is 10.9. The zero-order valence-electron chi connectivity index (χ0n) is 10.9. The number of rotatable bonds is 3. The van der Waals surface area contributed by atoms with Crippen LogP contribution in [-0.4, -0.2) is 34.6 Å². The van der Waals surface area contributed by atoms with E-state index in [1.807, 2.05) is 24.3 Å². The summed E-state index contributed by atoms with van der Waals surface area (Å²) in [5.74, 6) is 0.00912. The summed E-state index contributed by atoms with van der Waals surface area (Å²) < 4.78 is 0. The third kappa shape index (κ3) is 2.82. The molecule has 1 unspecified atom stereocenters. The van der Waals surface area contributed by atoms with Crippen molar-refractivity contribution in [2.24, 2.45) is 0 Å². The Kier molecular flexibility index (Phi) is 3.30. The second kappa shape index (κ2) is 4.61. The van der Waals surface area contributed by atoms with E-state index in [4.69, 9.17) is 5.73 Å². The van der Waals surface area contributed by atoms with Gasteiger partial charge in [-0.1, -0.05) is 12.1 Å². The summed E-state index contributed by atoms with van der Waals surface area (Å²) >= 11 is 0. The molecule has 1 aliphatic rings. The smallest absolute Gasteiger partial charge is 0.230 e. The Bertz CT molecular complexity index is 434. The van der Waals surface area contributed by atoms with Gasteiger partial charge < -0.3 is 15.7 Å². The molecule has 0 aromatic heterocycles. The number of nitrogens with two attached hydrogens (primary N) is 1. The lowest BCUT2D eigenvalue weighted by Crippen LogP contribution is -2.39. The number of carbonyl (C=O) groups excluding carboxylic acids is 1. The first-order valence-electron chi connectivity index (χ1n) is 6.23. The van der Waals surface area contributed by atoms with Crippen LogP contribution in [0.3, 0.4) is 0 Å². The summed E-state index contributed by atoms with van der Waals surface area (Å²) in [6.45, 7) is 4.53. The molecule has 18 heavy (non-hydrogen) atoms. The van der Waals surface area contributed by atoms with Crippen LogP contribution < -0.4 is 5.73 Å². The average molecular weight is 248 g/mol. The average Bonchev–Trinajstić information content (AvgIpc) is 2.60. The van der Waals surface area contributed by atoms with Gasteiger partial charge >= 0.3 is 0 Å². The molecule has 4 nitrogen and oxygen atoms in total. The Hall–Kier alpha value is -1.55. The molecule has 98 valence electrons. The van der Waals surface area contributed by atoms with Crippen molar-refractivity contribution in [3.8, 4) is 0 Å². The minimum Gasteiger partial charge on any atom is -0.399 e. The quantitative estimate of drug-likeness (QED) is 0.794. The number of amides is 1. The van der Waals surface area contributed by atoms with Gasteiger partial charge in [-0.2, -0.15) is 0 Å². The molecule has 0 aliphatic carbocycles. The maximum Gasteiger partial charge on any atom is 0.230 e. The fourth-order valence-electron chi connectivity index (χ4n) is 2.40. The number of hydrogen-bond donors (Lipinski definition) is 2. The van der Waals surface area contributed by atoms with Crippen molar-refractivity contribution in [2.75, 3.05) is 18.8 Å². The van der Waals surface area contributed by atoms with Crippen molar-refractivity contribution in [2.45, 2.75) is 31.8 Å². The predicted molar refractivity (Wildman–Crippen MR) is 71.1 cm³/mol. The van der Waals surface area contributed by atoms with E-state index in [2.05, 4.69) is 0 Å². The lowest BCUT2D eigenvalue weighted by atomic mass is 9.97. The molecule has 0 radical (unpaired) electrons. The molecule has 1 aliphatic heterocycles. The Labute approximate surface area is 107 Å². The summed E-state index contributed by atoms with van der Waals surface area (Å²) in [6, 6.07) is 7.46. The van der Waals surface area contributed by atoms with E-state index in [0.717, 1.165) is 12.0 Å². The molecule has 1 amide bonds. The number of benzene rings is 1. The number of nitrogens with zero attached hydrogens (tertiary/aromatic N) is 1. The third-order valence-electron chi connectivity index (χ3n) is 3.21. The van der Waals surface area contributed by atoms with Crippen molar-refractivity contribution < 1.29 is 9.90 Å². The molecule has 0 bridgehead atoms. The fraction of sp³-hybridized carbons (Fsp3) is 0.500. The van der Waals surface area contributed by atoms with Crippen molar-refractivity contribution in [1.82, 2.24) is 4.90 Å². The van der Waals surface area contributed by atoms with E-state index in [1.165, 1.54) is 0 Å². The van der Waals surface area contributed by atoms with Gasteiger partial charge in [0.1, 0.15) is 0 Å². The summed E-state index contributed by atoms with van der Waals surface area (Å²) in [4.78, 5) is 14.0. The second-order valence-electron chi connectivity index (χ2n) is 5.58. The minimum absolute atomic E-state index is 0.0899. The SMILES string of the molecule is CC(C)(O)CN1CCC(c2ccc(N)cc2)C1=O.